The maximum atomic E-state index is 11.7. The first-order chi connectivity index (χ1) is 7.77. The summed E-state index contributed by atoms with van der Waals surface area (Å²) in [4.78, 5) is 11.7. The van der Waals surface area contributed by atoms with Crippen LogP contribution in [0.3, 0.4) is 0 Å². The monoisotopic (exact) mass is 211 g/mol. The van der Waals surface area contributed by atoms with Crippen LogP contribution in [0.15, 0.2) is 59.4 Å². The molecule has 0 heterocycles. The van der Waals surface area contributed by atoms with Crippen LogP contribution in [0.4, 0.5) is 11.4 Å². The van der Waals surface area contributed by atoms with Crippen LogP contribution in [0.5, 0.6) is 0 Å². The van der Waals surface area contributed by atoms with Crippen molar-refractivity contribution < 1.29 is 0 Å². The SMILES string of the molecule is Cc1ccccc1Nc1cccccc1=O. The Balaban J connectivity index is 2.39. The normalized spacial score (nSPS) is 9.81. The molecule has 2 nitrogen and oxygen atoms in total. The van der Waals surface area contributed by atoms with E-state index in [-0.39, 0.29) is 5.43 Å². The van der Waals surface area contributed by atoms with Crippen LogP contribution in [-0.2, 0) is 0 Å². The molecule has 2 rings (SSSR count). The molecule has 0 aliphatic rings. The third-order valence-corrected chi connectivity index (χ3v) is 2.41. The zero-order chi connectivity index (χ0) is 11.4. The Labute approximate surface area is 94.6 Å². The van der Waals surface area contributed by atoms with E-state index in [1.54, 1.807) is 18.2 Å². The highest BCUT2D eigenvalue weighted by molar-refractivity contribution is 5.62. The van der Waals surface area contributed by atoms with E-state index in [1.807, 2.05) is 43.3 Å². The standard InChI is InChI=1S/C14H13NO/c1-11-7-5-6-8-12(11)15-13-9-3-2-4-10-14(13)16/h2-10H,1H3,(H,15,16). The van der Waals surface area contributed by atoms with Crippen molar-refractivity contribution in [1.82, 2.24) is 0 Å². The average Bonchev–Trinajstić information content (AvgIpc) is 2.48. The number of aryl methyl sites for hydroxylation is 1. The lowest BCUT2D eigenvalue weighted by molar-refractivity contribution is 1.42. The van der Waals surface area contributed by atoms with Crippen LogP contribution in [0.1, 0.15) is 5.56 Å². The predicted octanol–water partition coefficient (Wildman–Crippen LogP) is 3.10. The van der Waals surface area contributed by atoms with Crippen LogP contribution in [0.25, 0.3) is 0 Å². The van der Waals surface area contributed by atoms with Gasteiger partial charge in [0.1, 0.15) is 0 Å². The first-order valence-corrected chi connectivity index (χ1v) is 5.19. The van der Waals surface area contributed by atoms with Gasteiger partial charge in [-0.05, 0) is 30.7 Å². The molecule has 1 N–H and O–H groups in total. The van der Waals surface area contributed by atoms with Crippen molar-refractivity contribution in [2.75, 3.05) is 5.32 Å². The van der Waals surface area contributed by atoms with Crippen molar-refractivity contribution in [3.05, 3.63) is 70.4 Å². The van der Waals surface area contributed by atoms with E-state index < -0.39 is 0 Å². The van der Waals surface area contributed by atoms with Gasteiger partial charge in [0.2, 0.25) is 5.43 Å². The van der Waals surface area contributed by atoms with E-state index >= 15 is 0 Å². The average molecular weight is 211 g/mol. The van der Waals surface area contributed by atoms with Gasteiger partial charge in [0, 0.05) is 5.69 Å². The highest BCUT2D eigenvalue weighted by Crippen LogP contribution is 2.16. The quantitative estimate of drug-likeness (QED) is 0.827. The molecule has 0 aliphatic carbocycles. The van der Waals surface area contributed by atoms with E-state index in [0.29, 0.717) is 5.69 Å². The van der Waals surface area contributed by atoms with Crippen LogP contribution in [0.2, 0.25) is 0 Å². The molecule has 0 saturated carbocycles. The summed E-state index contributed by atoms with van der Waals surface area (Å²) < 4.78 is 0. The van der Waals surface area contributed by atoms with Crippen molar-refractivity contribution >= 4 is 11.4 Å². The maximum absolute atomic E-state index is 11.7. The maximum Gasteiger partial charge on any atom is 0.201 e. The van der Waals surface area contributed by atoms with E-state index in [0.717, 1.165) is 11.3 Å². The Morgan fingerprint density at radius 3 is 2.25 bits per heavy atom. The smallest absolute Gasteiger partial charge is 0.201 e. The molecule has 2 aromatic rings. The van der Waals surface area contributed by atoms with Crippen molar-refractivity contribution in [2.24, 2.45) is 0 Å². The van der Waals surface area contributed by atoms with Crippen LogP contribution in [-0.4, -0.2) is 0 Å². The van der Waals surface area contributed by atoms with Crippen LogP contribution in [0, 0.1) is 6.92 Å². The third-order valence-electron chi connectivity index (χ3n) is 2.41. The Hall–Kier alpha value is -2.09. The molecule has 0 spiro atoms. The lowest BCUT2D eigenvalue weighted by Gasteiger charge is -2.06. The molecule has 0 unspecified atom stereocenters. The minimum atomic E-state index is -0.00625. The molecule has 0 atom stereocenters. The van der Waals surface area contributed by atoms with Gasteiger partial charge in [-0.15, -0.1) is 0 Å². The number of rotatable bonds is 2. The fourth-order valence-corrected chi connectivity index (χ4v) is 1.49. The molecule has 2 aromatic carbocycles. The Bertz CT molecular complexity index is 549. The second kappa shape index (κ2) is 4.62. The zero-order valence-electron chi connectivity index (χ0n) is 9.10. The molecular formula is C14H13NO. The summed E-state index contributed by atoms with van der Waals surface area (Å²) in [6, 6.07) is 16.7. The minimum Gasteiger partial charge on any atom is -0.352 e. The molecular weight excluding hydrogens is 198 g/mol. The number of benzene rings is 1. The number of anilines is 2. The minimum absolute atomic E-state index is 0.00625. The van der Waals surface area contributed by atoms with E-state index in [2.05, 4.69) is 5.32 Å². The molecule has 0 bridgehead atoms. The van der Waals surface area contributed by atoms with E-state index in [4.69, 9.17) is 0 Å². The summed E-state index contributed by atoms with van der Waals surface area (Å²) in [5, 5.41) is 3.15. The number of hydrogen-bond donors (Lipinski definition) is 1. The lowest BCUT2D eigenvalue weighted by Crippen LogP contribution is -2.04. The first-order valence-electron chi connectivity index (χ1n) is 5.19. The van der Waals surface area contributed by atoms with Gasteiger partial charge < -0.3 is 5.32 Å². The number of hydrogen-bond acceptors (Lipinski definition) is 2. The summed E-state index contributed by atoms with van der Waals surface area (Å²) in [6.07, 6.45) is 0. The molecule has 80 valence electrons. The van der Waals surface area contributed by atoms with Gasteiger partial charge in [-0.25, -0.2) is 0 Å². The molecule has 0 amide bonds. The van der Waals surface area contributed by atoms with Crippen molar-refractivity contribution in [2.45, 2.75) is 6.92 Å². The highest BCUT2D eigenvalue weighted by atomic mass is 16.1. The van der Waals surface area contributed by atoms with Crippen LogP contribution < -0.4 is 10.7 Å². The molecule has 16 heavy (non-hydrogen) atoms. The fourth-order valence-electron chi connectivity index (χ4n) is 1.49. The second-order valence-electron chi connectivity index (χ2n) is 3.63. The van der Waals surface area contributed by atoms with Crippen molar-refractivity contribution in [3.8, 4) is 0 Å². The Morgan fingerprint density at radius 1 is 0.812 bits per heavy atom. The summed E-state index contributed by atoms with van der Waals surface area (Å²) in [5.74, 6) is 0. The summed E-state index contributed by atoms with van der Waals surface area (Å²) >= 11 is 0. The third kappa shape index (κ3) is 2.28. The molecule has 0 fully saturated rings. The van der Waals surface area contributed by atoms with Crippen LogP contribution >= 0.6 is 0 Å². The van der Waals surface area contributed by atoms with Gasteiger partial charge in [-0.1, -0.05) is 36.4 Å². The van der Waals surface area contributed by atoms with Gasteiger partial charge in [-0.3, -0.25) is 4.79 Å². The molecule has 2 heteroatoms. The second-order valence-corrected chi connectivity index (χ2v) is 3.63. The van der Waals surface area contributed by atoms with Crippen molar-refractivity contribution in [3.63, 3.8) is 0 Å². The molecule has 0 saturated heterocycles. The van der Waals surface area contributed by atoms with Gasteiger partial charge in [0.05, 0.1) is 5.69 Å². The largest absolute Gasteiger partial charge is 0.352 e. The predicted molar refractivity (Wildman–Crippen MR) is 67.2 cm³/mol. The number of para-hydroxylation sites is 1. The van der Waals surface area contributed by atoms with Gasteiger partial charge >= 0.3 is 0 Å². The van der Waals surface area contributed by atoms with Gasteiger partial charge in [-0.2, -0.15) is 0 Å². The number of nitrogens with one attached hydrogen (secondary N) is 1. The zero-order valence-corrected chi connectivity index (χ0v) is 9.10. The Kier molecular flexibility index (Phi) is 3.01. The lowest BCUT2D eigenvalue weighted by atomic mass is 10.2. The Morgan fingerprint density at radius 2 is 1.44 bits per heavy atom. The topological polar surface area (TPSA) is 29.1 Å². The summed E-state index contributed by atoms with van der Waals surface area (Å²) in [7, 11) is 0. The highest BCUT2D eigenvalue weighted by Gasteiger charge is 1.99. The fraction of sp³-hybridized carbons (Fsp3) is 0.0714. The van der Waals surface area contributed by atoms with Gasteiger partial charge in [0.15, 0.2) is 0 Å². The first kappa shape index (κ1) is 10.4. The van der Waals surface area contributed by atoms with E-state index in [1.165, 1.54) is 0 Å². The molecule has 0 radical (unpaired) electrons. The summed E-state index contributed by atoms with van der Waals surface area (Å²) in [5.41, 5.74) is 2.67. The molecule has 0 aromatic heterocycles. The summed E-state index contributed by atoms with van der Waals surface area (Å²) in [6.45, 7) is 2.01. The van der Waals surface area contributed by atoms with Crippen molar-refractivity contribution in [1.29, 1.82) is 0 Å². The van der Waals surface area contributed by atoms with Gasteiger partial charge in [0.25, 0.3) is 0 Å². The molecule has 0 aliphatic heterocycles. The van der Waals surface area contributed by atoms with E-state index in [9.17, 15) is 4.79 Å².